The summed E-state index contributed by atoms with van der Waals surface area (Å²) in [5.74, 6) is 0.579. The van der Waals surface area contributed by atoms with Crippen molar-refractivity contribution in [2.24, 2.45) is 0 Å². The summed E-state index contributed by atoms with van der Waals surface area (Å²) in [5.41, 5.74) is 0. The number of hydrogen-bond donors (Lipinski definition) is 0. The van der Waals surface area contributed by atoms with E-state index >= 15 is 0 Å². The van der Waals surface area contributed by atoms with Crippen LogP contribution in [0, 0.1) is 0 Å². The van der Waals surface area contributed by atoms with Crippen LogP contribution in [0.15, 0.2) is 0 Å². The Balaban J connectivity index is 1.92. The van der Waals surface area contributed by atoms with Crippen LogP contribution in [0.1, 0.15) is 13.3 Å². The first kappa shape index (κ1) is 8.31. The van der Waals surface area contributed by atoms with Gasteiger partial charge < -0.3 is 9.47 Å². The molecule has 60 valence electrons. The molecule has 0 aromatic rings. The Morgan fingerprint density at radius 3 is 2.70 bits per heavy atom. The zero-order chi connectivity index (χ0) is 7.40. The summed E-state index contributed by atoms with van der Waals surface area (Å²) < 4.78 is 10.6. The second-order valence-corrected chi connectivity index (χ2v) is 2.71. The fourth-order valence-electron chi connectivity index (χ4n) is 0.911. The highest BCUT2D eigenvalue weighted by Crippen LogP contribution is 2.28. The predicted octanol–water partition coefficient (Wildman–Crippen LogP) is 1.42. The van der Waals surface area contributed by atoms with Gasteiger partial charge in [-0.2, -0.15) is 0 Å². The molecule has 1 aliphatic carbocycles. The summed E-state index contributed by atoms with van der Waals surface area (Å²) in [6.45, 7) is 3.43. The Kier molecular flexibility index (Phi) is 3.46. The number of alkyl halides is 1. The first-order valence-corrected chi connectivity index (χ1v) is 4.21. The third kappa shape index (κ3) is 2.45. The smallest absolute Gasteiger partial charge is 0.0863 e. The van der Waals surface area contributed by atoms with Crippen LogP contribution < -0.4 is 0 Å². The van der Waals surface area contributed by atoms with Gasteiger partial charge in [-0.1, -0.05) is 0 Å². The SMILES string of the molecule is CCO[C@@H]1C[C@H]1OCCCl. The normalized spacial score (nSPS) is 30.6. The molecule has 0 saturated heterocycles. The number of hydrogen-bond acceptors (Lipinski definition) is 2. The minimum atomic E-state index is 0.332. The molecule has 0 aromatic heterocycles. The molecule has 1 aliphatic rings. The molecule has 0 bridgehead atoms. The third-order valence-electron chi connectivity index (χ3n) is 1.47. The zero-order valence-corrected chi connectivity index (χ0v) is 6.93. The lowest BCUT2D eigenvalue weighted by Gasteiger charge is -1.99. The largest absolute Gasteiger partial charge is 0.376 e. The van der Waals surface area contributed by atoms with Crippen molar-refractivity contribution < 1.29 is 9.47 Å². The van der Waals surface area contributed by atoms with E-state index in [1.807, 2.05) is 6.92 Å². The lowest BCUT2D eigenvalue weighted by molar-refractivity contribution is 0.0542. The third-order valence-corrected chi connectivity index (χ3v) is 1.62. The molecule has 0 heterocycles. The molecule has 1 saturated carbocycles. The molecule has 2 nitrogen and oxygen atoms in total. The molecular formula is C7H13ClO2. The van der Waals surface area contributed by atoms with Gasteiger partial charge in [-0.05, 0) is 6.92 Å². The lowest BCUT2D eigenvalue weighted by Crippen LogP contribution is -2.05. The summed E-state index contributed by atoms with van der Waals surface area (Å²) in [6.07, 6.45) is 1.73. The maximum absolute atomic E-state index is 5.43. The van der Waals surface area contributed by atoms with Gasteiger partial charge >= 0.3 is 0 Å². The second kappa shape index (κ2) is 4.16. The van der Waals surface area contributed by atoms with E-state index in [1.54, 1.807) is 0 Å². The van der Waals surface area contributed by atoms with Crippen molar-refractivity contribution in [2.75, 3.05) is 19.1 Å². The van der Waals surface area contributed by atoms with Crippen LogP contribution in [0.5, 0.6) is 0 Å². The summed E-state index contributed by atoms with van der Waals surface area (Å²) in [7, 11) is 0. The van der Waals surface area contributed by atoms with Crippen LogP contribution in [0.25, 0.3) is 0 Å². The van der Waals surface area contributed by atoms with E-state index in [0.29, 0.717) is 24.7 Å². The van der Waals surface area contributed by atoms with E-state index in [-0.39, 0.29) is 0 Å². The number of halogens is 1. The van der Waals surface area contributed by atoms with Crippen molar-refractivity contribution in [2.45, 2.75) is 25.6 Å². The molecule has 0 aliphatic heterocycles. The van der Waals surface area contributed by atoms with Gasteiger partial charge in [0.25, 0.3) is 0 Å². The van der Waals surface area contributed by atoms with Crippen LogP contribution in [-0.2, 0) is 9.47 Å². The van der Waals surface area contributed by atoms with Crippen LogP contribution in [0.2, 0.25) is 0 Å². The molecule has 0 unspecified atom stereocenters. The van der Waals surface area contributed by atoms with E-state index in [2.05, 4.69) is 0 Å². The van der Waals surface area contributed by atoms with Crippen molar-refractivity contribution in [1.82, 2.24) is 0 Å². The fraction of sp³-hybridized carbons (Fsp3) is 1.00. The zero-order valence-electron chi connectivity index (χ0n) is 6.18. The van der Waals surface area contributed by atoms with Crippen molar-refractivity contribution in [1.29, 1.82) is 0 Å². The van der Waals surface area contributed by atoms with Crippen LogP contribution in [0.3, 0.4) is 0 Å². The van der Waals surface area contributed by atoms with Crippen LogP contribution in [-0.4, -0.2) is 31.3 Å². The molecule has 0 amide bonds. The molecule has 1 rings (SSSR count). The highest BCUT2D eigenvalue weighted by molar-refractivity contribution is 6.17. The first-order valence-electron chi connectivity index (χ1n) is 3.67. The van der Waals surface area contributed by atoms with Crippen molar-refractivity contribution in [3.8, 4) is 0 Å². The van der Waals surface area contributed by atoms with Gasteiger partial charge in [0.2, 0.25) is 0 Å². The van der Waals surface area contributed by atoms with Gasteiger partial charge in [-0.15, -0.1) is 11.6 Å². The maximum atomic E-state index is 5.43. The molecule has 0 spiro atoms. The van der Waals surface area contributed by atoms with E-state index in [1.165, 1.54) is 0 Å². The van der Waals surface area contributed by atoms with Gasteiger partial charge in [-0.25, -0.2) is 0 Å². The van der Waals surface area contributed by atoms with Gasteiger partial charge in [-0.3, -0.25) is 0 Å². The summed E-state index contributed by atoms with van der Waals surface area (Å²) >= 11 is 5.43. The Morgan fingerprint density at radius 1 is 1.40 bits per heavy atom. The van der Waals surface area contributed by atoms with E-state index in [9.17, 15) is 0 Å². The highest BCUT2D eigenvalue weighted by Gasteiger charge is 2.38. The lowest BCUT2D eigenvalue weighted by atomic mass is 10.7. The molecule has 0 N–H and O–H groups in total. The molecule has 0 aromatic carbocycles. The average Bonchev–Trinajstić information content (AvgIpc) is 2.65. The van der Waals surface area contributed by atoms with Crippen LogP contribution >= 0.6 is 11.6 Å². The Morgan fingerprint density at radius 2 is 2.10 bits per heavy atom. The standard InChI is InChI=1S/C7H13ClO2/c1-2-9-6-5-7(6)10-4-3-8/h6-7H,2-5H2,1H3/t6-,7-/m1/s1. The van der Waals surface area contributed by atoms with Gasteiger partial charge in [0.05, 0.1) is 18.8 Å². The minimum Gasteiger partial charge on any atom is -0.376 e. The summed E-state index contributed by atoms with van der Waals surface area (Å²) in [6, 6.07) is 0. The van der Waals surface area contributed by atoms with Crippen molar-refractivity contribution in [3.63, 3.8) is 0 Å². The van der Waals surface area contributed by atoms with E-state index < -0.39 is 0 Å². The second-order valence-electron chi connectivity index (χ2n) is 2.33. The summed E-state index contributed by atoms with van der Waals surface area (Å²) in [5, 5.41) is 0. The molecule has 3 heteroatoms. The molecule has 1 fully saturated rings. The Labute approximate surface area is 66.5 Å². The predicted molar refractivity (Wildman–Crippen MR) is 40.5 cm³/mol. The summed E-state index contributed by atoms with van der Waals surface area (Å²) in [4.78, 5) is 0. The number of rotatable bonds is 5. The molecule has 0 radical (unpaired) electrons. The first-order chi connectivity index (χ1) is 4.88. The van der Waals surface area contributed by atoms with Crippen molar-refractivity contribution in [3.05, 3.63) is 0 Å². The van der Waals surface area contributed by atoms with Gasteiger partial charge in [0.1, 0.15) is 0 Å². The van der Waals surface area contributed by atoms with E-state index in [0.717, 1.165) is 13.0 Å². The number of ether oxygens (including phenoxy) is 2. The quantitative estimate of drug-likeness (QED) is 0.573. The fourth-order valence-corrected chi connectivity index (χ4v) is 1.00. The van der Waals surface area contributed by atoms with Gasteiger partial charge in [0, 0.05) is 18.9 Å². The van der Waals surface area contributed by atoms with E-state index in [4.69, 9.17) is 21.1 Å². The minimum absolute atomic E-state index is 0.332. The average molecular weight is 165 g/mol. The topological polar surface area (TPSA) is 18.5 Å². The monoisotopic (exact) mass is 164 g/mol. The Hall–Kier alpha value is 0.210. The van der Waals surface area contributed by atoms with Gasteiger partial charge in [0.15, 0.2) is 0 Å². The molecule has 10 heavy (non-hydrogen) atoms. The van der Waals surface area contributed by atoms with Crippen LogP contribution in [0.4, 0.5) is 0 Å². The molecule has 2 atom stereocenters. The Bertz CT molecular complexity index is 97.6. The molecular weight excluding hydrogens is 152 g/mol. The highest BCUT2D eigenvalue weighted by atomic mass is 35.5. The van der Waals surface area contributed by atoms with Crippen molar-refractivity contribution >= 4 is 11.6 Å². The maximum Gasteiger partial charge on any atom is 0.0863 e.